The number of phenols is 2. The second-order valence-corrected chi connectivity index (χ2v) is 5.83. The summed E-state index contributed by atoms with van der Waals surface area (Å²) in [5.41, 5.74) is 2.86. The molecule has 1 heterocycles. The molecule has 0 amide bonds. The summed E-state index contributed by atoms with van der Waals surface area (Å²) >= 11 is 0. The lowest BCUT2D eigenvalue weighted by atomic mass is 10.1. The molecule has 0 unspecified atom stereocenters. The highest BCUT2D eigenvalue weighted by Gasteiger charge is 2.13. The number of benzene rings is 2. The first kappa shape index (κ1) is 16.9. The van der Waals surface area contributed by atoms with Crippen LogP contribution in [0.1, 0.15) is 17.5 Å². The van der Waals surface area contributed by atoms with Gasteiger partial charge in [-0.05, 0) is 55.2 Å². The van der Waals surface area contributed by atoms with Crippen LogP contribution >= 0.6 is 0 Å². The number of aliphatic hydroxyl groups is 1. The van der Waals surface area contributed by atoms with Crippen molar-refractivity contribution in [1.29, 1.82) is 0 Å². The maximum Gasteiger partial charge on any atom is 0.167 e. The Morgan fingerprint density at radius 3 is 2.12 bits per heavy atom. The predicted molar refractivity (Wildman–Crippen MR) is 94.2 cm³/mol. The topological polar surface area (TPSA) is 99.4 Å². The van der Waals surface area contributed by atoms with Crippen LogP contribution in [0.3, 0.4) is 0 Å². The molecule has 0 radical (unpaired) electrons. The van der Waals surface area contributed by atoms with Crippen molar-refractivity contribution in [3.05, 3.63) is 53.9 Å². The van der Waals surface area contributed by atoms with Crippen molar-refractivity contribution in [1.82, 2.24) is 15.0 Å². The number of rotatable bonds is 5. The van der Waals surface area contributed by atoms with Gasteiger partial charge in [0.2, 0.25) is 0 Å². The molecule has 0 aliphatic carbocycles. The first-order valence-corrected chi connectivity index (χ1v) is 8.00. The fraction of sp³-hybridized carbons (Fsp3) is 0.211. The first-order valence-electron chi connectivity index (χ1n) is 8.00. The summed E-state index contributed by atoms with van der Waals surface area (Å²) in [6.07, 6.45) is 2.68. The van der Waals surface area contributed by atoms with Gasteiger partial charge in [0.25, 0.3) is 0 Å². The van der Waals surface area contributed by atoms with Gasteiger partial charge >= 0.3 is 0 Å². The Labute approximate surface area is 145 Å². The van der Waals surface area contributed by atoms with Crippen molar-refractivity contribution in [2.75, 3.05) is 6.61 Å². The molecule has 6 nitrogen and oxygen atoms in total. The molecule has 3 aromatic rings. The minimum absolute atomic E-state index is 0.0701. The van der Waals surface area contributed by atoms with Crippen molar-refractivity contribution in [2.45, 2.75) is 19.8 Å². The molecular weight excluding hydrogens is 318 g/mol. The van der Waals surface area contributed by atoms with Crippen LogP contribution in [0.4, 0.5) is 0 Å². The molecule has 128 valence electrons. The van der Waals surface area contributed by atoms with Gasteiger partial charge in [-0.3, -0.25) is 0 Å². The molecule has 0 spiro atoms. The quantitative estimate of drug-likeness (QED) is 0.662. The predicted octanol–water partition coefficient (Wildman–Crippen LogP) is 2.85. The zero-order valence-electron chi connectivity index (χ0n) is 13.8. The smallest absolute Gasteiger partial charge is 0.167 e. The standard InChI is InChI=1S/C19H19N3O3/c1-12-4-6-14(16(24)9-12)18-20-11-21-19(22-18)15-7-5-13(3-2-8-23)10-17(15)25/h4-7,9-11,23-25H,2-3,8H2,1H3. The van der Waals surface area contributed by atoms with Crippen molar-refractivity contribution >= 4 is 0 Å². The highest BCUT2D eigenvalue weighted by molar-refractivity contribution is 5.68. The summed E-state index contributed by atoms with van der Waals surface area (Å²) in [5, 5.41) is 29.3. The number of nitrogens with zero attached hydrogens (tertiary/aromatic N) is 3. The zero-order valence-corrected chi connectivity index (χ0v) is 13.8. The highest BCUT2D eigenvalue weighted by atomic mass is 16.3. The van der Waals surface area contributed by atoms with Gasteiger partial charge in [-0.2, -0.15) is 0 Å². The maximum absolute atomic E-state index is 10.3. The Kier molecular flexibility index (Phi) is 4.90. The van der Waals surface area contributed by atoms with Gasteiger partial charge in [0.1, 0.15) is 17.8 Å². The Bertz CT molecular complexity index is 897. The first-order chi connectivity index (χ1) is 12.1. The summed E-state index contributed by atoms with van der Waals surface area (Å²) in [4.78, 5) is 12.6. The van der Waals surface area contributed by atoms with Gasteiger partial charge in [0.15, 0.2) is 11.6 Å². The maximum atomic E-state index is 10.3. The molecule has 0 aliphatic rings. The van der Waals surface area contributed by atoms with E-state index in [1.807, 2.05) is 19.1 Å². The third kappa shape index (κ3) is 3.75. The van der Waals surface area contributed by atoms with Crippen LogP contribution in [0.15, 0.2) is 42.7 Å². The van der Waals surface area contributed by atoms with E-state index in [-0.39, 0.29) is 18.1 Å². The average molecular weight is 337 g/mol. The summed E-state index contributed by atoms with van der Waals surface area (Å²) in [5.74, 6) is 0.837. The lowest BCUT2D eigenvalue weighted by Crippen LogP contribution is -1.96. The lowest BCUT2D eigenvalue weighted by molar-refractivity contribution is 0.288. The number of aliphatic hydroxyl groups excluding tert-OH is 1. The molecule has 0 atom stereocenters. The van der Waals surface area contributed by atoms with Gasteiger partial charge in [-0.1, -0.05) is 12.1 Å². The summed E-state index contributed by atoms with van der Waals surface area (Å²) in [6, 6.07) is 10.5. The molecule has 0 bridgehead atoms. The average Bonchev–Trinajstić information content (AvgIpc) is 2.60. The Balaban J connectivity index is 1.96. The normalized spacial score (nSPS) is 10.8. The molecule has 25 heavy (non-hydrogen) atoms. The van der Waals surface area contributed by atoms with Crippen molar-refractivity contribution in [2.24, 2.45) is 0 Å². The second-order valence-electron chi connectivity index (χ2n) is 5.83. The SMILES string of the molecule is Cc1ccc(-c2ncnc(-c3ccc(CCCO)cc3O)n2)c(O)c1. The number of phenolic OH excluding ortho intramolecular Hbond substituents is 2. The number of hydrogen-bond acceptors (Lipinski definition) is 6. The second kappa shape index (κ2) is 7.27. The van der Waals surface area contributed by atoms with E-state index in [4.69, 9.17) is 5.11 Å². The minimum atomic E-state index is 0.0701. The fourth-order valence-electron chi connectivity index (χ4n) is 2.59. The molecule has 6 heteroatoms. The largest absolute Gasteiger partial charge is 0.507 e. The molecule has 0 saturated heterocycles. The number of aromatic nitrogens is 3. The number of hydrogen-bond donors (Lipinski definition) is 3. The van der Waals surface area contributed by atoms with Gasteiger partial charge in [0, 0.05) is 6.61 Å². The Morgan fingerprint density at radius 1 is 0.880 bits per heavy atom. The van der Waals surface area contributed by atoms with Crippen LogP contribution < -0.4 is 0 Å². The summed E-state index contributed by atoms with van der Waals surface area (Å²) < 4.78 is 0. The van der Waals surface area contributed by atoms with E-state index in [2.05, 4.69) is 15.0 Å². The minimum Gasteiger partial charge on any atom is -0.507 e. The molecule has 0 aliphatic heterocycles. The van der Waals surface area contributed by atoms with Crippen molar-refractivity contribution in [3.63, 3.8) is 0 Å². The van der Waals surface area contributed by atoms with Crippen molar-refractivity contribution in [3.8, 4) is 34.3 Å². The zero-order chi connectivity index (χ0) is 17.8. The molecule has 0 fully saturated rings. The molecule has 2 aromatic carbocycles. The molecular formula is C19H19N3O3. The van der Waals surface area contributed by atoms with E-state index >= 15 is 0 Å². The molecule has 3 N–H and O–H groups in total. The van der Waals surface area contributed by atoms with Crippen LogP contribution in [0.5, 0.6) is 11.5 Å². The third-order valence-corrected chi connectivity index (χ3v) is 3.89. The van der Waals surface area contributed by atoms with E-state index in [1.54, 1.807) is 24.3 Å². The van der Waals surface area contributed by atoms with Crippen LogP contribution in [0, 0.1) is 6.92 Å². The van der Waals surface area contributed by atoms with Gasteiger partial charge in [-0.15, -0.1) is 0 Å². The fourth-order valence-corrected chi connectivity index (χ4v) is 2.59. The van der Waals surface area contributed by atoms with Crippen LogP contribution in [0.2, 0.25) is 0 Å². The van der Waals surface area contributed by atoms with E-state index in [9.17, 15) is 10.2 Å². The van der Waals surface area contributed by atoms with Crippen LogP contribution in [-0.2, 0) is 6.42 Å². The molecule has 1 aromatic heterocycles. The van der Waals surface area contributed by atoms with E-state index < -0.39 is 0 Å². The van der Waals surface area contributed by atoms with Gasteiger partial charge in [-0.25, -0.2) is 15.0 Å². The Hall–Kier alpha value is -2.99. The lowest BCUT2D eigenvalue weighted by Gasteiger charge is -2.08. The summed E-state index contributed by atoms with van der Waals surface area (Å²) in [7, 11) is 0. The third-order valence-electron chi connectivity index (χ3n) is 3.89. The van der Waals surface area contributed by atoms with E-state index in [0.717, 1.165) is 11.1 Å². The van der Waals surface area contributed by atoms with Crippen molar-refractivity contribution < 1.29 is 15.3 Å². The molecule has 0 saturated carbocycles. The summed E-state index contributed by atoms with van der Waals surface area (Å²) in [6.45, 7) is 2.00. The van der Waals surface area contributed by atoms with E-state index in [0.29, 0.717) is 35.6 Å². The molecule has 3 rings (SSSR count). The number of aromatic hydroxyl groups is 2. The Morgan fingerprint density at radius 2 is 1.52 bits per heavy atom. The highest BCUT2D eigenvalue weighted by Crippen LogP contribution is 2.31. The number of aryl methyl sites for hydroxylation is 2. The van der Waals surface area contributed by atoms with Crippen LogP contribution in [0.25, 0.3) is 22.8 Å². The van der Waals surface area contributed by atoms with Crippen LogP contribution in [-0.4, -0.2) is 36.9 Å². The van der Waals surface area contributed by atoms with Gasteiger partial charge in [0.05, 0.1) is 11.1 Å². The monoisotopic (exact) mass is 337 g/mol. The van der Waals surface area contributed by atoms with E-state index in [1.165, 1.54) is 6.33 Å². The van der Waals surface area contributed by atoms with Gasteiger partial charge < -0.3 is 15.3 Å².